The van der Waals surface area contributed by atoms with Crippen molar-refractivity contribution in [3.05, 3.63) is 0 Å². The zero-order valence-electron chi connectivity index (χ0n) is 12.1. The predicted octanol–water partition coefficient (Wildman–Crippen LogP) is 1.21. The van der Waals surface area contributed by atoms with E-state index in [9.17, 15) is 5.11 Å². The molecule has 2 atom stereocenters. The SMILES string of the molecule is CCNC(=NCC1(O)CCSC1)NCC1CCCO1.I. The lowest BCUT2D eigenvalue weighted by molar-refractivity contribution is 0.0778. The van der Waals surface area contributed by atoms with Gasteiger partial charge in [0.2, 0.25) is 0 Å². The van der Waals surface area contributed by atoms with Crippen LogP contribution >= 0.6 is 35.7 Å². The first kappa shape index (κ1) is 18.3. The highest BCUT2D eigenvalue weighted by Gasteiger charge is 2.31. The summed E-state index contributed by atoms with van der Waals surface area (Å²) in [4.78, 5) is 4.50. The molecule has 0 aliphatic carbocycles. The number of aliphatic hydroxyl groups is 1. The third-order valence-corrected chi connectivity index (χ3v) is 4.71. The van der Waals surface area contributed by atoms with Crippen molar-refractivity contribution in [1.29, 1.82) is 0 Å². The Hall–Kier alpha value is 0.270. The lowest BCUT2D eigenvalue weighted by Crippen LogP contribution is -2.42. The van der Waals surface area contributed by atoms with Gasteiger partial charge in [-0.25, -0.2) is 0 Å². The van der Waals surface area contributed by atoms with Gasteiger partial charge in [0.25, 0.3) is 0 Å². The molecule has 2 heterocycles. The molecule has 7 heteroatoms. The molecule has 2 aliphatic heterocycles. The Kier molecular flexibility index (Phi) is 8.54. The van der Waals surface area contributed by atoms with Gasteiger partial charge in [-0.15, -0.1) is 24.0 Å². The van der Waals surface area contributed by atoms with Crippen LogP contribution < -0.4 is 10.6 Å². The van der Waals surface area contributed by atoms with Crippen LogP contribution in [0.3, 0.4) is 0 Å². The summed E-state index contributed by atoms with van der Waals surface area (Å²) in [6, 6.07) is 0. The molecule has 3 N–H and O–H groups in total. The number of guanidine groups is 1. The number of nitrogens with zero attached hydrogens (tertiary/aromatic N) is 1. The first-order chi connectivity index (χ1) is 9.22. The molecule has 0 aromatic carbocycles. The molecule has 2 fully saturated rings. The van der Waals surface area contributed by atoms with Gasteiger partial charge in [0.1, 0.15) is 0 Å². The second-order valence-corrected chi connectivity index (χ2v) is 6.34. The van der Waals surface area contributed by atoms with Crippen molar-refractivity contribution in [2.75, 3.05) is 37.7 Å². The number of thioether (sulfide) groups is 1. The van der Waals surface area contributed by atoms with Gasteiger partial charge >= 0.3 is 0 Å². The summed E-state index contributed by atoms with van der Waals surface area (Å²) in [6.45, 7) is 5.00. The second-order valence-electron chi connectivity index (χ2n) is 5.24. The van der Waals surface area contributed by atoms with Crippen molar-refractivity contribution in [2.24, 2.45) is 4.99 Å². The fourth-order valence-corrected chi connectivity index (χ4v) is 3.59. The molecule has 0 bridgehead atoms. The molecule has 2 unspecified atom stereocenters. The molecule has 118 valence electrons. The molecule has 0 radical (unpaired) electrons. The van der Waals surface area contributed by atoms with Crippen LogP contribution in [0.1, 0.15) is 26.2 Å². The maximum Gasteiger partial charge on any atom is 0.191 e. The molecule has 2 aliphatic rings. The number of nitrogens with one attached hydrogen (secondary N) is 2. The molecule has 0 aromatic heterocycles. The maximum atomic E-state index is 10.3. The van der Waals surface area contributed by atoms with Crippen LogP contribution in [0, 0.1) is 0 Å². The Morgan fingerprint density at radius 2 is 2.35 bits per heavy atom. The summed E-state index contributed by atoms with van der Waals surface area (Å²) in [5, 5.41) is 16.8. The summed E-state index contributed by atoms with van der Waals surface area (Å²) in [5.41, 5.74) is -0.614. The topological polar surface area (TPSA) is 65.9 Å². The van der Waals surface area contributed by atoms with E-state index < -0.39 is 5.60 Å². The van der Waals surface area contributed by atoms with Gasteiger partial charge in [-0.05, 0) is 31.9 Å². The molecule has 0 aromatic rings. The molecule has 20 heavy (non-hydrogen) atoms. The van der Waals surface area contributed by atoms with Gasteiger partial charge in [-0.2, -0.15) is 11.8 Å². The Labute approximate surface area is 142 Å². The average Bonchev–Trinajstić information content (AvgIpc) is 3.05. The minimum Gasteiger partial charge on any atom is -0.387 e. The van der Waals surface area contributed by atoms with Crippen LogP contribution in [0.4, 0.5) is 0 Å². The highest BCUT2D eigenvalue weighted by molar-refractivity contribution is 14.0. The van der Waals surface area contributed by atoms with Gasteiger partial charge in [0, 0.05) is 25.4 Å². The van der Waals surface area contributed by atoms with Crippen LogP contribution in [0.2, 0.25) is 0 Å². The van der Waals surface area contributed by atoms with E-state index in [2.05, 4.69) is 15.6 Å². The summed E-state index contributed by atoms with van der Waals surface area (Å²) >= 11 is 1.80. The Morgan fingerprint density at radius 1 is 1.50 bits per heavy atom. The normalized spacial score (nSPS) is 30.1. The van der Waals surface area contributed by atoms with Crippen LogP contribution in [-0.2, 0) is 4.74 Å². The van der Waals surface area contributed by atoms with Crippen molar-refractivity contribution in [3.63, 3.8) is 0 Å². The number of aliphatic imine (C=N–C) groups is 1. The molecular formula is C13H26IN3O2S. The lowest BCUT2D eigenvalue weighted by Gasteiger charge is -2.20. The van der Waals surface area contributed by atoms with E-state index in [0.29, 0.717) is 12.6 Å². The summed E-state index contributed by atoms with van der Waals surface area (Å²) in [6.07, 6.45) is 3.41. The van der Waals surface area contributed by atoms with E-state index in [1.54, 1.807) is 11.8 Å². The van der Waals surface area contributed by atoms with Gasteiger partial charge in [-0.3, -0.25) is 4.99 Å². The van der Waals surface area contributed by atoms with Crippen molar-refractivity contribution in [2.45, 2.75) is 37.9 Å². The van der Waals surface area contributed by atoms with Crippen molar-refractivity contribution in [3.8, 4) is 0 Å². The maximum absolute atomic E-state index is 10.3. The first-order valence-electron chi connectivity index (χ1n) is 7.16. The standard InChI is InChI=1S/C13H25N3O2S.HI/c1-2-14-12(15-8-11-4-3-6-18-11)16-9-13(17)5-7-19-10-13;/h11,17H,2-10H2,1H3,(H2,14,15,16);1H. The minimum atomic E-state index is -0.614. The van der Waals surface area contributed by atoms with Crippen molar-refractivity contribution < 1.29 is 9.84 Å². The number of ether oxygens (including phenoxy) is 1. The molecule has 2 saturated heterocycles. The Balaban J connectivity index is 0.00000200. The van der Waals surface area contributed by atoms with Crippen molar-refractivity contribution in [1.82, 2.24) is 10.6 Å². The Bertz CT molecular complexity index is 306. The number of halogens is 1. The van der Waals surface area contributed by atoms with E-state index in [1.807, 2.05) is 6.92 Å². The van der Waals surface area contributed by atoms with E-state index in [-0.39, 0.29) is 24.0 Å². The largest absolute Gasteiger partial charge is 0.387 e. The zero-order chi connectivity index (χ0) is 13.6. The van der Waals surface area contributed by atoms with Gasteiger partial charge in [0.05, 0.1) is 18.2 Å². The lowest BCUT2D eigenvalue weighted by atomic mass is 10.1. The molecule has 0 amide bonds. The van der Waals surface area contributed by atoms with E-state index in [4.69, 9.17) is 4.74 Å². The monoisotopic (exact) mass is 415 g/mol. The highest BCUT2D eigenvalue weighted by atomic mass is 127. The van der Waals surface area contributed by atoms with Crippen LogP contribution in [0.5, 0.6) is 0 Å². The molecule has 2 rings (SSSR count). The number of hydrogen-bond acceptors (Lipinski definition) is 4. The van der Waals surface area contributed by atoms with Gasteiger partial charge in [-0.1, -0.05) is 0 Å². The first-order valence-corrected chi connectivity index (χ1v) is 8.31. The smallest absolute Gasteiger partial charge is 0.191 e. The average molecular weight is 415 g/mol. The fraction of sp³-hybridized carbons (Fsp3) is 0.923. The summed E-state index contributed by atoms with van der Waals surface area (Å²) < 4.78 is 5.58. The van der Waals surface area contributed by atoms with E-state index in [0.717, 1.165) is 56.4 Å². The summed E-state index contributed by atoms with van der Waals surface area (Å²) in [5.74, 6) is 2.61. The molecule has 0 saturated carbocycles. The molecule has 5 nitrogen and oxygen atoms in total. The quantitative estimate of drug-likeness (QED) is 0.358. The van der Waals surface area contributed by atoms with Crippen LogP contribution in [0.15, 0.2) is 4.99 Å². The zero-order valence-corrected chi connectivity index (χ0v) is 15.2. The van der Waals surface area contributed by atoms with E-state index >= 15 is 0 Å². The number of hydrogen-bond donors (Lipinski definition) is 3. The predicted molar refractivity (Wildman–Crippen MR) is 95.3 cm³/mol. The third kappa shape index (κ3) is 5.95. The number of rotatable bonds is 5. The second kappa shape index (κ2) is 9.32. The molecule has 0 spiro atoms. The Morgan fingerprint density at radius 3 is 2.95 bits per heavy atom. The van der Waals surface area contributed by atoms with Crippen molar-refractivity contribution >= 4 is 41.7 Å². The van der Waals surface area contributed by atoms with Gasteiger partial charge < -0.3 is 20.5 Å². The molecular weight excluding hydrogens is 389 g/mol. The third-order valence-electron chi connectivity index (χ3n) is 3.48. The van der Waals surface area contributed by atoms with Gasteiger partial charge in [0.15, 0.2) is 5.96 Å². The van der Waals surface area contributed by atoms with Crippen LogP contribution in [-0.4, -0.2) is 60.5 Å². The van der Waals surface area contributed by atoms with Crippen LogP contribution in [0.25, 0.3) is 0 Å². The summed E-state index contributed by atoms with van der Waals surface area (Å²) in [7, 11) is 0. The van der Waals surface area contributed by atoms with E-state index in [1.165, 1.54) is 0 Å². The minimum absolute atomic E-state index is 0. The fourth-order valence-electron chi connectivity index (χ4n) is 2.30. The highest BCUT2D eigenvalue weighted by Crippen LogP contribution is 2.27.